The first-order chi connectivity index (χ1) is 12.7. The number of nitrogens with one attached hydrogen (secondary N) is 1. The zero-order valence-electron chi connectivity index (χ0n) is 14.2. The zero-order chi connectivity index (χ0) is 19.8. The van der Waals surface area contributed by atoms with Crippen LogP contribution in [0.15, 0.2) is 57.8 Å². The van der Waals surface area contributed by atoms with Crippen LogP contribution in [0.1, 0.15) is 10.5 Å². The van der Waals surface area contributed by atoms with Crippen LogP contribution in [0.4, 0.5) is 5.69 Å². The maximum atomic E-state index is 12.6. The first-order valence-electron chi connectivity index (χ1n) is 7.70. The van der Waals surface area contributed by atoms with E-state index < -0.39 is 16.0 Å². The second kappa shape index (κ2) is 6.93. The Morgan fingerprint density at radius 3 is 2.41 bits per heavy atom. The quantitative estimate of drug-likeness (QED) is 0.451. The number of carbonyl (C=O) groups is 1. The van der Waals surface area contributed by atoms with Gasteiger partial charge in [-0.1, -0.05) is 11.6 Å². The number of hydrogen-bond acceptors (Lipinski definition) is 3. The molecule has 0 saturated carbocycles. The molecule has 0 spiro atoms. The Balaban J connectivity index is 1.85. The second-order valence-electron chi connectivity index (χ2n) is 5.76. The van der Waals surface area contributed by atoms with Crippen LogP contribution in [0.3, 0.4) is 0 Å². The lowest BCUT2D eigenvalue weighted by molar-refractivity contribution is 0.101. The van der Waals surface area contributed by atoms with E-state index in [0.29, 0.717) is 16.4 Å². The van der Waals surface area contributed by atoms with E-state index in [0.717, 1.165) is 10.9 Å². The Morgan fingerprint density at radius 2 is 1.78 bits per heavy atom. The van der Waals surface area contributed by atoms with Crippen LogP contribution in [0.25, 0.3) is 10.9 Å². The number of nitrogens with zero attached hydrogens (tertiary/aromatic N) is 2. The summed E-state index contributed by atoms with van der Waals surface area (Å²) in [5.74, 6) is -0.895. The van der Waals surface area contributed by atoms with Crippen molar-refractivity contribution in [1.29, 1.82) is 0 Å². The lowest BCUT2D eigenvalue weighted by Gasteiger charge is -2.07. The van der Waals surface area contributed by atoms with Gasteiger partial charge in [0.2, 0.25) is 5.96 Å². The van der Waals surface area contributed by atoms with E-state index in [9.17, 15) is 13.2 Å². The van der Waals surface area contributed by atoms with Gasteiger partial charge in [-0.3, -0.25) is 4.79 Å². The molecule has 0 fully saturated rings. The van der Waals surface area contributed by atoms with Crippen LogP contribution >= 0.6 is 11.6 Å². The Labute approximate surface area is 160 Å². The van der Waals surface area contributed by atoms with Gasteiger partial charge in [-0.05, 0) is 48.5 Å². The first kappa shape index (κ1) is 18.7. The SMILES string of the molecule is Cn1c(C(=O)Nc2ccc(S(=O)(=O)N=C(N)N)cc2)cc2cc(Cl)ccc21. The number of aromatic nitrogens is 1. The summed E-state index contributed by atoms with van der Waals surface area (Å²) in [4.78, 5) is 12.5. The van der Waals surface area contributed by atoms with Gasteiger partial charge in [-0.2, -0.15) is 8.42 Å². The molecule has 1 aromatic heterocycles. The molecule has 0 unspecified atom stereocenters. The minimum Gasteiger partial charge on any atom is -0.369 e. The van der Waals surface area contributed by atoms with Gasteiger partial charge >= 0.3 is 0 Å². The third-order valence-corrected chi connectivity index (χ3v) is 5.43. The molecule has 3 aromatic rings. The van der Waals surface area contributed by atoms with Gasteiger partial charge in [-0.25, -0.2) is 0 Å². The molecule has 5 N–H and O–H groups in total. The van der Waals surface area contributed by atoms with Crippen molar-refractivity contribution in [1.82, 2.24) is 4.57 Å². The number of amides is 1. The number of aryl methyl sites for hydroxylation is 1. The number of guanidine groups is 1. The fourth-order valence-electron chi connectivity index (χ4n) is 2.64. The fourth-order valence-corrected chi connectivity index (χ4v) is 3.68. The molecule has 2 aromatic carbocycles. The predicted octanol–water partition coefficient (Wildman–Crippen LogP) is 2.05. The largest absolute Gasteiger partial charge is 0.369 e. The molecule has 10 heteroatoms. The average Bonchev–Trinajstić information content (AvgIpc) is 2.90. The minimum absolute atomic E-state index is 0.0897. The fraction of sp³-hybridized carbons (Fsp3) is 0.0588. The summed E-state index contributed by atoms with van der Waals surface area (Å²) in [6, 6.07) is 12.6. The Kier molecular flexibility index (Phi) is 4.81. The summed E-state index contributed by atoms with van der Waals surface area (Å²) in [5.41, 5.74) is 11.9. The Hall–Kier alpha value is -3.04. The molecule has 140 valence electrons. The van der Waals surface area contributed by atoms with Crippen LogP contribution < -0.4 is 16.8 Å². The molecule has 0 aliphatic heterocycles. The van der Waals surface area contributed by atoms with Crippen molar-refractivity contribution >= 4 is 50.1 Å². The maximum absolute atomic E-state index is 12.6. The highest BCUT2D eigenvalue weighted by Crippen LogP contribution is 2.23. The number of rotatable bonds is 4. The molecule has 0 radical (unpaired) electrons. The molecule has 0 aliphatic carbocycles. The topological polar surface area (TPSA) is 133 Å². The molecule has 0 atom stereocenters. The zero-order valence-corrected chi connectivity index (χ0v) is 15.8. The molecule has 0 aliphatic rings. The number of halogens is 1. The summed E-state index contributed by atoms with van der Waals surface area (Å²) in [7, 11) is -2.20. The Bertz CT molecular complexity index is 1160. The summed E-state index contributed by atoms with van der Waals surface area (Å²) < 4.78 is 28.8. The van der Waals surface area contributed by atoms with Crippen LogP contribution in [0.5, 0.6) is 0 Å². The van der Waals surface area contributed by atoms with Crippen molar-refractivity contribution < 1.29 is 13.2 Å². The average molecular weight is 406 g/mol. The van der Waals surface area contributed by atoms with Crippen LogP contribution in [0, 0.1) is 0 Å². The van der Waals surface area contributed by atoms with Gasteiger partial charge < -0.3 is 21.4 Å². The number of carbonyl (C=O) groups excluding carboxylic acids is 1. The van der Waals surface area contributed by atoms with Gasteiger partial charge in [0.1, 0.15) is 5.69 Å². The van der Waals surface area contributed by atoms with Gasteiger partial charge in [0.15, 0.2) is 0 Å². The monoisotopic (exact) mass is 405 g/mol. The molecular weight excluding hydrogens is 390 g/mol. The van der Waals surface area contributed by atoms with E-state index in [4.69, 9.17) is 23.1 Å². The van der Waals surface area contributed by atoms with Gasteiger partial charge in [0.05, 0.1) is 4.90 Å². The Morgan fingerprint density at radius 1 is 1.11 bits per heavy atom. The summed E-state index contributed by atoms with van der Waals surface area (Å²) >= 11 is 5.99. The molecule has 1 heterocycles. The number of nitrogens with two attached hydrogens (primary N) is 2. The van der Waals surface area contributed by atoms with E-state index in [-0.39, 0.29) is 10.8 Å². The standard InChI is InChI=1S/C17H16ClN5O3S/c1-23-14-7-2-11(18)8-10(14)9-15(23)16(24)21-12-3-5-13(6-4-12)27(25,26)22-17(19)20/h2-9H,1H3,(H,21,24)(H4,19,20,22). The van der Waals surface area contributed by atoms with Crippen molar-refractivity contribution in [3.05, 3.63) is 59.2 Å². The van der Waals surface area contributed by atoms with E-state index in [1.165, 1.54) is 24.3 Å². The third-order valence-electron chi connectivity index (χ3n) is 3.87. The lowest BCUT2D eigenvalue weighted by atomic mass is 10.2. The van der Waals surface area contributed by atoms with Crippen molar-refractivity contribution in [2.75, 3.05) is 5.32 Å². The molecule has 0 saturated heterocycles. The highest BCUT2D eigenvalue weighted by atomic mass is 35.5. The second-order valence-corrected chi connectivity index (χ2v) is 7.80. The molecule has 0 bridgehead atoms. The summed E-state index contributed by atoms with van der Waals surface area (Å²) in [6.45, 7) is 0. The number of hydrogen-bond donors (Lipinski definition) is 3. The van der Waals surface area contributed by atoms with Crippen LogP contribution in [-0.4, -0.2) is 24.9 Å². The predicted molar refractivity (Wildman–Crippen MR) is 105 cm³/mol. The van der Waals surface area contributed by atoms with Crippen LogP contribution in [-0.2, 0) is 17.1 Å². The molecule has 27 heavy (non-hydrogen) atoms. The van der Waals surface area contributed by atoms with Crippen molar-refractivity contribution in [2.24, 2.45) is 22.9 Å². The number of sulfonamides is 1. The summed E-state index contributed by atoms with van der Waals surface area (Å²) in [5, 5.41) is 4.14. The molecule has 3 rings (SSSR count). The van der Waals surface area contributed by atoms with Crippen molar-refractivity contribution in [3.63, 3.8) is 0 Å². The highest BCUT2D eigenvalue weighted by Gasteiger charge is 2.16. The number of fused-ring (bicyclic) bond motifs is 1. The summed E-state index contributed by atoms with van der Waals surface area (Å²) in [6.07, 6.45) is 0. The maximum Gasteiger partial charge on any atom is 0.285 e. The highest BCUT2D eigenvalue weighted by molar-refractivity contribution is 7.90. The van der Waals surface area contributed by atoms with Crippen molar-refractivity contribution in [2.45, 2.75) is 4.90 Å². The first-order valence-corrected chi connectivity index (χ1v) is 9.51. The van der Waals surface area contributed by atoms with Gasteiger partial charge in [-0.15, -0.1) is 4.40 Å². The molecule has 8 nitrogen and oxygen atoms in total. The number of benzene rings is 2. The van der Waals surface area contributed by atoms with E-state index in [1.54, 1.807) is 29.8 Å². The number of anilines is 1. The molecule has 1 amide bonds. The van der Waals surface area contributed by atoms with E-state index in [2.05, 4.69) is 9.71 Å². The molecular formula is C17H16ClN5O3S. The van der Waals surface area contributed by atoms with Crippen molar-refractivity contribution in [3.8, 4) is 0 Å². The smallest absolute Gasteiger partial charge is 0.285 e. The lowest BCUT2D eigenvalue weighted by Crippen LogP contribution is -2.24. The normalized spacial score (nSPS) is 11.3. The van der Waals surface area contributed by atoms with Gasteiger partial charge in [0.25, 0.3) is 15.9 Å². The van der Waals surface area contributed by atoms with Crippen LogP contribution in [0.2, 0.25) is 5.02 Å². The third kappa shape index (κ3) is 3.88. The van der Waals surface area contributed by atoms with E-state index >= 15 is 0 Å². The van der Waals surface area contributed by atoms with Gasteiger partial charge in [0, 0.05) is 28.7 Å². The minimum atomic E-state index is -3.98. The van der Waals surface area contributed by atoms with E-state index in [1.807, 2.05) is 6.07 Å².